The lowest BCUT2D eigenvalue weighted by Gasteiger charge is -2.18. The van der Waals surface area contributed by atoms with Crippen molar-refractivity contribution in [3.63, 3.8) is 0 Å². The van der Waals surface area contributed by atoms with Crippen molar-refractivity contribution >= 4 is 23.8 Å². The number of nitrogens with one attached hydrogen (secondary N) is 2. The Bertz CT molecular complexity index is 236. The van der Waals surface area contributed by atoms with Gasteiger partial charge in [0.25, 0.3) is 0 Å². The molecule has 2 atom stereocenters. The zero-order valence-corrected chi connectivity index (χ0v) is 10.8. The number of carboxylic acid groups (broad SMARTS) is 1. The molecule has 0 aliphatic rings. The van der Waals surface area contributed by atoms with E-state index in [-0.39, 0.29) is 6.04 Å². The van der Waals surface area contributed by atoms with Crippen LogP contribution in [-0.4, -0.2) is 41.2 Å². The van der Waals surface area contributed by atoms with E-state index in [4.69, 9.17) is 5.11 Å². The molecule has 0 saturated carbocycles. The van der Waals surface area contributed by atoms with Gasteiger partial charge >= 0.3 is 12.0 Å². The van der Waals surface area contributed by atoms with Gasteiger partial charge in [-0.05, 0) is 19.1 Å². The first-order valence-electron chi connectivity index (χ1n) is 5.33. The van der Waals surface area contributed by atoms with E-state index < -0.39 is 18.0 Å². The molecule has 1 unspecified atom stereocenters. The quantitative estimate of drug-likeness (QED) is 0.634. The number of carboxylic acids is 1. The Labute approximate surface area is 100 Å². The maximum atomic E-state index is 11.5. The molecule has 0 spiro atoms. The van der Waals surface area contributed by atoms with Crippen LogP contribution in [0, 0.1) is 0 Å². The SMILES string of the molecule is CCC(CSC)NC(=O)N[C@H](CC)C(=O)O. The van der Waals surface area contributed by atoms with Gasteiger partial charge in [0.05, 0.1) is 0 Å². The number of amides is 2. The molecule has 0 aromatic rings. The average Bonchev–Trinajstić information content (AvgIpc) is 2.24. The fourth-order valence-electron chi connectivity index (χ4n) is 1.19. The Morgan fingerprint density at radius 2 is 1.88 bits per heavy atom. The number of hydrogen-bond acceptors (Lipinski definition) is 3. The predicted octanol–water partition coefficient (Wildman–Crippen LogP) is 1.29. The number of urea groups is 1. The van der Waals surface area contributed by atoms with E-state index in [1.165, 1.54) is 0 Å². The third-order valence-corrected chi connectivity index (χ3v) is 2.94. The molecule has 0 bridgehead atoms. The van der Waals surface area contributed by atoms with Crippen LogP contribution >= 0.6 is 11.8 Å². The standard InChI is InChI=1S/C10H20N2O3S/c1-4-7(6-16-3)11-10(15)12-8(5-2)9(13)14/h7-8H,4-6H2,1-3H3,(H,13,14)(H2,11,12,15)/t7?,8-/m1/s1. The fraction of sp³-hybridized carbons (Fsp3) is 0.800. The molecular weight excluding hydrogens is 228 g/mol. The van der Waals surface area contributed by atoms with E-state index in [2.05, 4.69) is 10.6 Å². The second-order valence-electron chi connectivity index (χ2n) is 3.48. The summed E-state index contributed by atoms with van der Waals surface area (Å²) in [5.41, 5.74) is 0. The second-order valence-corrected chi connectivity index (χ2v) is 4.39. The molecule has 16 heavy (non-hydrogen) atoms. The van der Waals surface area contributed by atoms with Crippen LogP contribution in [0.4, 0.5) is 4.79 Å². The maximum absolute atomic E-state index is 11.5. The predicted molar refractivity (Wildman–Crippen MR) is 65.8 cm³/mol. The molecular formula is C10H20N2O3S. The van der Waals surface area contributed by atoms with Gasteiger partial charge in [-0.2, -0.15) is 11.8 Å². The maximum Gasteiger partial charge on any atom is 0.326 e. The molecule has 6 heteroatoms. The largest absolute Gasteiger partial charge is 0.480 e. The molecule has 5 nitrogen and oxygen atoms in total. The first-order chi connectivity index (χ1) is 7.54. The van der Waals surface area contributed by atoms with E-state index in [0.717, 1.165) is 12.2 Å². The third-order valence-electron chi connectivity index (χ3n) is 2.21. The van der Waals surface area contributed by atoms with E-state index in [0.29, 0.717) is 6.42 Å². The smallest absolute Gasteiger partial charge is 0.326 e. The molecule has 0 saturated heterocycles. The molecule has 0 rings (SSSR count). The Hall–Kier alpha value is -0.910. The van der Waals surface area contributed by atoms with Crippen LogP contribution in [0.2, 0.25) is 0 Å². The van der Waals surface area contributed by atoms with Crippen LogP contribution in [0.1, 0.15) is 26.7 Å². The van der Waals surface area contributed by atoms with Gasteiger partial charge in [0.15, 0.2) is 0 Å². The Morgan fingerprint density at radius 1 is 1.25 bits per heavy atom. The van der Waals surface area contributed by atoms with Crippen molar-refractivity contribution < 1.29 is 14.7 Å². The summed E-state index contributed by atoms with van der Waals surface area (Å²) in [5, 5.41) is 14.0. The zero-order chi connectivity index (χ0) is 12.6. The minimum atomic E-state index is -1.00. The number of carbonyl (C=O) groups is 2. The monoisotopic (exact) mass is 248 g/mol. The van der Waals surface area contributed by atoms with Crippen molar-refractivity contribution in [2.75, 3.05) is 12.0 Å². The van der Waals surface area contributed by atoms with Crippen LogP contribution in [0.3, 0.4) is 0 Å². The summed E-state index contributed by atoms with van der Waals surface area (Å²) in [6.45, 7) is 3.70. The van der Waals surface area contributed by atoms with Gasteiger partial charge in [0.2, 0.25) is 0 Å². The molecule has 0 aromatic heterocycles. The number of thioether (sulfide) groups is 1. The Morgan fingerprint density at radius 3 is 2.25 bits per heavy atom. The van der Waals surface area contributed by atoms with Gasteiger partial charge in [-0.3, -0.25) is 0 Å². The first kappa shape index (κ1) is 15.1. The summed E-state index contributed by atoms with van der Waals surface area (Å²) < 4.78 is 0. The minimum absolute atomic E-state index is 0.0845. The first-order valence-corrected chi connectivity index (χ1v) is 6.73. The number of hydrogen-bond donors (Lipinski definition) is 3. The van der Waals surface area contributed by atoms with Gasteiger partial charge in [0, 0.05) is 11.8 Å². The van der Waals surface area contributed by atoms with Crippen molar-refractivity contribution in [3.8, 4) is 0 Å². The number of carbonyl (C=O) groups excluding carboxylic acids is 1. The average molecular weight is 248 g/mol. The summed E-state index contributed by atoms with van der Waals surface area (Å²) >= 11 is 1.65. The fourth-order valence-corrected chi connectivity index (χ4v) is 1.91. The molecule has 0 radical (unpaired) electrons. The summed E-state index contributed by atoms with van der Waals surface area (Å²) in [4.78, 5) is 22.2. The van der Waals surface area contributed by atoms with E-state index in [1.807, 2.05) is 13.2 Å². The van der Waals surface area contributed by atoms with Crippen LogP contribution in [0.5, 0.6) is 0 Å². The van der Waals surface area contributed by atoms with Gasteiger partial charge in [-0.25, -0.2) is 9.59 Å². The molecule has 94 valence electrons. The molecule has 2 amide bonds. The van der Waals surface area contributed by atoms with Crippen LogP contribution < -0.4 is 10.6 Å². The summed E-state index contributed by atoms with van der Waals surface area (Å²) in [7, 11) is 0. The highest BCUT2D eigenvalue weighted by Crippen LogP contribution is 2.01. The Kier molecular flexibility index (Phi) is 7.80. The molecule has 0 fully saturated rings. The highest BCUT2D eigenvalue weighted by molar-refractivity contribution is 7.98. The zero-order valence-electron chi connectivity index (χ0n) is 9.95. The molecule has 3 N–H and O–H groups in total. The number of aliphatic carboxylic acids is 1. The number of rotatable bonds is 7. The van der Waals surface area contributed by atoms with Gasteiger partial charge in [-0.15, -0.1) is 0 Å². The summed E-state index contributed by atoms with van der Waals surface area (Å²) in [5.74, 6) is -0.177. The van der Waals surface area contributed by atoms with Gasteiger partial charge < -0.3 is 15.7 Å². The highest BCUT2D eigenvalue weighted by Gasteiger charge is 2.18. The second kappa shape index (κ2) is 8.27. The van der Waals surface area contributed by atoms with E-state index in [1.54, 1.807) is 18.7 Å². The van der Waals surface area contributed by atoms with Crippen LogP contribution in [-0.2, 0) is 4.79 Å². The van der Waals surface area contributed by atoms with E-state index in [9.17, 15) is 9.59 Å². The lowest BCUT2D eigenvalue weighted by Crippen LogP contribution is -2.49. The third kappa shape index (κ3) is 5.85. The minimum Gasteiger partial charge on any atom is -0.480 e. The normalized spacial score (nSPS) is 13.9. The van der Waals surface area contributed by atoms with Crippen molar-refractivity contribution in [2.45, 2.75) is 38.8 Å². The summed E-state index contributed by atoms with van der Waals surface area (Å²) in [6.07, 6.45) is 3.18. The van der Waals surface area contributed by atoms with E-state index >= 15 is 0 Å². The van der Waals surface area contributed by atoms with Crippen LogP contribution in [0.15, 0.2) is 0 Å². The lowest BCUT2D eigenvalue weighted by atomic mass is 10.2. The van der Waals surface area contributed by atoms with Crippen molar-refractivity contribution in [1.29, 1.82) is 0 Å². The van der Waals surface area contributed by atoms with Crippen molar-refractivity contribution in [3.05, 3.63) is 0 Å². The molecule has 0 aromatic carbocycles. The highest BCUT2D eigenvalue weighted by atomic mass is 32.2. The lowest BCUT2D eigenvalue weighted by molar-refractivity contribution is -0.139. The molecule has 0 aliphatic carbocycles. The van der Waals surface area contributed by atoms with Crippen molar-refractivity contribution in [2.24, 2.45) is 0 Å². The summed E-state index contributed by atoms with van der Waals surface area (Å²) in [6, 6.07) is -1.14. The van der Waals surface area contributed by atoms with Crippen LogP contribution in [0.25, 0.3) is 0 Å². The molecule has 0 heterocycles. The molecule has 0 aliphatic heterocycles. The Balaban J connectivity index is 4.09. The topological polar surface area (TPSA) is 78.4 Å². The van der Waals surface area contributed by atoms with Crippen molar-refractivity contribution in [1.82, 2.24) is 10.6 Å². The van der Waals surface area contributed by atoms with Gasteiger partial charge in [-0.1, -0.05) is 13.8 Å². The van der Waals surface area contributed by atoms with Gasteiger partial charge in [0.1, 0.15) is 6.04 Å².